The van der Waals surface area contributed by atoms with Crippen molar-refractivity contribution in [2.24, 2.45) is 5.92 Å². The van der Waals surface area contributed by atoms with Crippen molar-refractivity contribution in [1.82, 2.24) is 9.21 Å². The summed E-state index contributed by atoms with van der Waals surface area (Å²) in [5, 5.41) is 4.16. The second kappa shape index (κ2) is 11.0. The van der Waals surface area contributed by atoms with Crippen molar-refractivity contribution in [3.8, 4) is 0 Å². The molecule has 0 aliphatic carbocycles. The van der Waals surface area contributed by atoms with Gasteiger partial charge in [0.15, 0.2) is 0 Å². The van der Waals surface area contributed by atoms with Gasteiger partial charge in [-0.05, 0) is 61.3 Å². The summed E-state index contributed by atoms with van der Waals surface area (Å²) in [7, 11) is -3.52. The molecule has 9 heteroatoms. The first-order valence-corrected chi connectivity index (χ1v) is 13.0. The standard InChI is InChI=1S/C23H29Cl2N3O3S/c1-3-28(4-2)32(30,31)21-11-9-20(10-12-21)26-23(29)18-6-5-13-27(16-18)15-17-7-8-19(24)14-22(17)25/h7-12,14,18H,3-6,13,15-16H2,1-2H3,(H,26,29). The minimum absolute atomic E-state index is 0.0590. The van der Waals surface area contributed by atoms with Gasteiger partial charge in [0.2, 0.25) is 15.9 Å². The highest BCUT2D eigenvalue weighted by Crippen LogP contribution is 2.26. The van der Waals surface area contributed by atoms with E-state index in [0.29, 0.717) is 41.9 Å². The second-order valence-corrected chi connectivity index (χ2v) is 10.7. The van der Waals surface area contributed by atoms with Gasteiger partial charge in [0.25, 0.3) is 0 Å². The molecule has 1 heterocycles. The van der Waals surface area contributed by atoms with Crippen LogP contribution in [0.1, 0.15) is 32.3 Å². The minimum atomic E-state index is -3.52. The monoisotopic (exact) mass is 497 g/mol. The topological polar surface area (TPSA) is 69.7 Å². The molecule has 1 amide bonds. The predicted molar refractivity (Wildman–Crippen MR) is 130 cm³/mol. The van der Waals surface area contributed by atoms with Gasteiger partial charge in [0.05, 0.1) is 10.8 Å². The molecule has 0 spiro atoms. The number of amides is 1. The van der Waals surface area contributed by atoms with E-state index in [0.717, 1.165) is 24.9 Å². The second-order valence-electron chi connectivity index (χ2n) is 7.91. The quantitative estimate of drug-likeness (QED) is 0.564. The van der Waals surface area contributed by atoms with E-state index in [4.69, 9.17) is 23.2 Å². The molecule has 0 bridgehead atoms. The Hall–Kier alpha value is -1.64. The Morgan fingerprint density at radius 1 is 1.12 bits per heavy atom. The molecule has 174 valence electrons. The maximum atomic E-state index is 12.9. The molecule has 6 nitrogen and oxygen atoms in total. The first kappa shape index (κ1) is 25.0. The van der Waals surface area contributed by atoms with Gasteiger partial charge >= 0.3 is 0 Å². The van der Waals surface area contributed by atoms with Crippen LogP contribution in [0.25, 0.3) is 0 Å². The molecular weight excluding hydrogens is 469 g/mol. The lowest BCUT2D eigenvalue weighted by atomic mass is 9.96. The molecule has 1 aliphatic rings. The highest BCUT2D eigenvalue weighted by molar-refractivity contribution is 7.89. The summed E-state index contributed by atoms with van der Waals surface area (Å²) in [5.74, 6) is -0.204. The highest BCUT2D eigenvalue weighted by Gasteiger charge is 2.27. The Morgan fingerprint density at radius 2 is 1.81 bits per heavy atom. The normalized spacial score (nSPS) is 17.5. The molecular formula is C23H29Cl2N3O3S. The molecule has 1 N–H and O–H groups in total. The number of piperidine rings is 1. The van der Waals surface area contributed by atoms with Crippen molar-refractivity contribution in [3.05, 3.63) is 58.1 Å². The van der Waals surface area contributed by atoms with E-state index in [1.54, 1.807) is 30.3 Å². The lowest BCUT2D eigenvalue weighted by molar-refractivity contribution is -0.121. The van der Waals surface area contributed by atoms with E-state index in [1.165, 1.54) is 4.31 Å². The molecule has 3 rings (SSSR count). The number of carbonyl (C=O) groups excluding carboxylic acids is 1. The molecule has 1 fully saturated rings. The van der Waals surface area contributed by atoms with Gasteiger partial charge < -0.3 is 5.32 Å². The molecule has 0 saturated carbocycles. The molecule has 0 aromatic heterocycles. The summed E-state index contributed by atoms with van der Waals surface area (Å²) < 4.78 is 26.6. The van der Waals surface area contributed by atoms with Crippen molar-refractivity contribution >= 4 is 44.8 Å². The van der Waals surface area contributed by atoms with E-state index in [9.17, 15) is 13.2 Å². The van der Waals surface area contributed by atoms with Crippen LogP contribution in [0.4, 0.5) is 5.69 Å². The lowest BCUT2D eigenvalue weighted by Crippen LogP contribution is -2.40. The zero-order chi connectivity index (χ0) is 23.3. The van der Waals surface area contributed by atoms with E-state index in [2.05, 4.69) is 10.2 Å². The van der Waals surface area contributed by atoms with Gasteiger partial charge in [-0.25, -0.2) is 8.42 Å². The number of anilines is 1. The van der Waals surface area contributed by atoms with Gasteiger partial charge in [0, 0.05) is 41.9 Å². The smallest absolute Gasteiger partial charge is 0.243 e. The summed E-state index contributed by atoms with van der Waals surface area (Å²) in [6.45, 7) is 6.65. The third kappa shape index (κ3) is 6.02. The number of rotatable bonds is 8. The fourth-order valence-corrected chi connectivity index (χ4v) is 5.90. The van der Waals surface area contributed by atoms with Crippen molar-refractivity contribution in [2.75, 3.05) is 31.5 Å². The van der Waals surface area contributed by atoms with Crippen LogP contribution in [0.3, 0.4) is 0 Å². The number of nitrogens with one attached hydrogen (secondary N) is 1. The van der Waals surface area contributed by atoms with Gasteiger partial charge in [-0.3, -0.25) is 9.69 Å². The Balaban J connectivity index is 1.61. The van der Waals surface area contributed by atoms with Crippen LogP contribution in [-0.2, 0) is 21.4 Å². The molecule has 32 heavy (non-hydrogen) atoms. The number of hydrogen-bond acceptors (Lipinski definition) is 4. The van der Waals surface area contributed by atoms with Crippen molar-refractivity contribution in [3.63, 3.8) is 0 Å². The molecule has 1 saturated heterocycles. The van der Waals surface area contributed by atoms with Crippen LogP contribution in [0.5, 0.6) is 0 Å². The number of likely N-dealkylation sites (tertiary alicyclic amines) is 1. The molecule has 1 unspecified atom stereocenters. The van der Waals surface area contributed by atoms with E-state index >= 15 is 0 Å². The molecule has 2 aromatic rings. The summed E-state index contributed by atoms with van der Waals surface area (Å²) in [6.07, 6.45) is 1.73. The highest BCUT2D eigenvalue weighted by atomic mass is 35.5. The van der Waals surface area contributed by atoms with Gasteiger partial charge in [-0.2, -0.15) is 4.31 Å². The molecule has 1 atom stereocenters. The average molecular weight is 498 g/mol. The zero-order valence-corrected chi connectivity index (χ0v) is 20.7. The predicted octanol–water partition coefficient (Wildman–Crippen LogP) is 4.87. The third-order valence-corrected chi connectivity index (χ3v) is 8.40. The fourth-order valence-electron chi connectivity index (χ4n) is 3.97. The van der Waals surface area contributed by atoms with Crippen LogP contribution in [0.2, 0.25) is 10.0 Å². The number of hydrogen-bond donors (Lipinski definition) is 1. The summed E-state index contributed by atoms with van der Waals surface area (Å²) in [6, 6.07) is 11.8. The van der Waals surface area contributed by atoms with Gasteiger partial charge in [0.1, 0.15) is 0 Å². The van der Waals surface area contributed by atoms with Crippen LogP contribution in [0.15, 0.2) is 47.4 Å². The Kier molecular flexibility index (Phi) is 8.58. The van der Waals surface area contributed by atoms with E-state index in [1.807, 2.05) is 26.0 Å². The van der Waals surface area contributed by atoms with E-state index < -0.39 is 10.0 Å². The van der Waals surface area contributed by atoms with E-state index in [-0.39, 0.29) is 16.7 Å². The van der Waals surface area contributed by atoms with Crippen molar-refractivity contribution in [2.45, 2.75) is 38.1 Å². The Bertz CT molecular complexity index is 1040. The fraction of sp³-hybridized carbons (Fsp3) is 0.435. The number of benzene rings is 2. The summed E-state index contributed by atoms with van der Waals surface area (Å²) in [5.41, 5.74) is 1.58. The number of halogens is 2. The largest absolute Gasteiger partial charge is 0.326 e. The minimum Gasteiger partial charge on any atom is -0.326 e. The average Bonchev–Trinajstić information content (AvgIpc) is 2.77. The van der Waals surface area contributed by atoms with Crippen molar-refractivity contribution in [1.29, 1.82) is 0 Å². The number of nitrogens with zero attached hydrogens (tertiary/aromatic N) is 2. The SMILES string of the molecule is CCN(CC)S(=O)(=O)c1ccc(NC(=O)C2CCCN(Cc3ccc(Cl)cc3Cl)C2)cc1. The van der Waals surface area contributed by atoms with Gasteiger partial charge in [-0.1, -0.05) is 43.1 Å². The number of carbonyl (C=O) groups is 1. The Labute approximate surface area is 200 Å². The van der Waals surface area contributed by atoms with Crippen LogP contribution < -0.4 is 5.32 Å². The molecule has 2 aromatic carbocycles. The number of sulfonamides is 1. The lowest BCUT2D eigenvalue weighted by Gasteiger charge is -2.32. The maximum Gasteiger partial charge on any atom is 0.243 e. The van der Waals surface area contributed by atoms with Crippen molar-refractivity contribution < 1.29 is 13.2 Å². The third-order valence-electron chi connectivity index (χ3n) is 5.75. The van der Waals surface area contributed by atoms with Crippen LogP contribution >= 0.6 is 23.2 Å². The first-order valence-electron chi connectivity index (χ1n) is 10.8. The zero-order valence-electron chi connectivity index (χ0n) is 18.4. The molecule has 0 radical (unpaired) electrons. The molecule has 1 aliphatic heterocycles. The summed E-state index contributed by atoms with van der Waals surface area (Å²) >= 11 is 12.3. The van der Waals surface area contributed by atoms with Crippen LogP contribution in [-0.4, -0.2) is 49.7 Å². The summed E-state index contributed by atoms with van der Waals surface area (Å²) in [4.78, 5) is 15.3. The Morgan fingerprint density at radius 3 is 2.44 bits per heavy atom. The van der Waals surface area contributed by atoms with Gasteiger partial charge in [-0.15, -0.1) is 0 Å². The maximum absolute atomic E-state index is 12.9. The first-order chi connectivity index (χ1) is 15.2. The van der Waals surface area contributed by atoms with Crippen LogP contribution in [0, 0.1) is 5.92 Å².